The molecule has 2 atom stereocenters. The van der Waals surface area contributed by atoms with Gasteiger partial charge in [0.2, 0.25) is 0 Å². The first-order valence-corrected chi connectivity index (χ1v) is 5.93. The SMILES string of the molecule is CCC1C=CC(O)(c2cncs2)CC1. The number of aliphatic hydroxyl groups is 1. The molecule has 2 nitrogen and oxygen atoms in total. The minimum atomic E-state index is -0.743. The van der Waals surface area contributed by atoms with E-state index in [0.29, 0.717) is 5.92 Å². The molecule has 0 amide bonds. The summed E-state index contributed by atoms with van der Waals surface area (Å²) in [6.45, 7) is 2.19. The topological polar surface area (TPSA) is 33.1 Å². The van der Waals surface area contributed by atoms with Crippen LogP contribution in [0.1, 0.15) is 31.1 Å². The van der Waals surface area contributed by atoms with E-state index < -0.39 is 5.60 Å². The second kappa shape index (κ2) is 3.83. The normalized spacial score (nSPS) is 32.0. The molecule has 0 aliphatic heterocycles. The molecule has 0 aromatic carbocycles. The maximum absolute atomic E-state index is 10.3. The summed E-state index contributed by atoms with van der Waals surface area (Å²) in [5, 5.41) is 10.3. The molecule has 0 fully saturated rings. The van der Waals surface area contributed by atoms with E-state index in [0.717, 1.165) is 24.1 Å². The average Bonchev–Trinajstić information content (AvgIpc) is 2.72. The zero-order chi connectivity index (χ0) is 10.0. The van der Waals surface area contributed by atoms with Crippen LogP contribution in [0.5, 0.6) is 0 Å². The Morgan fingerprint density at radius 1 is 1.71 bits per heavy atom. The highest BCUT2D eigenvalue weighted by molar-refractivity contribution is 7.09. The second-order valence-electron chi connectivity index (χ2n) is 3.86. The Labute approximate surface area is 88.3 Å². The van der Waals surface area contributed by atoms with Crippen LogP contribution in [-0.4, -0.2) is 10.1 Å². The van der Waals surface area contributed by atoms with Gasteiger partial charge in [-0.15, -0.1) is 11.3 Å². The van der Waals surface area contributed by atoms with Crippen molar-refractivity contribution < 1.29 is 5.11 Å². The van der Waals surface area contributed by atoms with E-state index in [1.54, 1.807) is 11.7 Å². The van der Waals surface area contributed by atoms with Crippen molar-refractivity contribution in [2.45, 2.75) is 31.8 Å². The Bertz CT molecular complexity index is 320. The average molecular weight is 209 g/mol. The molecule has 1 N–H and O–H groups in total. The molecule has 3 heteroatoms. The van der Waals surface area contributed by atoms with Crippen molar-refractivity contribution in [1.82, 2.24) is 4.98 Å². The van der Waals surface area contributed by atoms with Gasteiger partial charge in [0.1, 0.15) is 5.60 Å². The fourth-order valence-corrected chi connectivity index (χ4v) is 2.59. The van der Waals surface area contributed by atoms with Gasteiger partial charge in [0.05, 0.1) is 10.4 Å². The Morgan fingerprint density at radius 3 is 3.07 bits per heavy atom. The maximum atomic E-state index is 10.3. The highest BCUT2D eigenvalue weighted by Gasteiger charge is 2.31. The molecule has 0 radical (unpaired) electrons. The molecule has 0 spiro atoms. The van der Waals surface area contributed by atoms with Gasteiger partial charge in [0, 0.05) is 6.20 Å². The number of nitrogens with zero attached hydrogens (tertiary/aromatic N) is 1. The van der Waals surface area contributed by atoms with Gasteiger partial charge in [-0.05, 0) is 25.2 Å². The summed E-state index contributed by atoms with van der Waals surface area (Å²) in [7, 11) is 0. The van der Waals surface area contributed by atoms with Crippen LogP contribution < -0.4 is 0 Å². The largest absolute Gasteiger partial charge is 0.380 e. The quantitative estimate of drug-likeness (QED) is 0.760. The summed E-state index contributed by atoms with van der Waals surface area (Å²) in [5.41, 5.74) is 1.03. The first-order chi connectivity index (χ1) is 6.74. The zero-order valence-corrected chi connectivity index (χ0v) is 9.13. The summed E-state index contributed by atoms with van der Waals surface area (Å²) in [6.07, 6.45) is 8.91. The van der Waals surface area contributed by atoms with Crippen LogP contribution in [0, 0.1) is 5.92 Å². The number of allylic oxidation sites excluding steroid dienone is 1. The third-order valence-electron chi connectivity index (χ3n) is 2.92. The van der Waals surface area contributed by atoms with Crippen molar-refractivity contribution in [2.75, 3.05) is 0 Å². The van der Waals surface area contributed by atoms with Crippen molar-refractivity contribution in [3.05, 3.63) is 28.7 Å². The lowest BCUT2D eigenvalue weighted by molar-refractivity contribution is 0.0695. The van der Waals surface area contributed by atoms with Crippen LogP contribution in [0.3, 0.4) is 0 Å². The molecule has 14 heavy (non-hydrogen) atoms. The van der Waals surface area contributed by atoms with E-state index in [4.69, 9.17) is 0 Å². The van der Waals surface area contributed by atoms with Gasteiger partial charge < -0.3 is 5.11 Å². The Kier molecular flexibility index (Phi) is 2.70. The molecule has 1 aromatic heterocycles. The molecule has 2 rings (SSSR count). The summed E-state index contributed by atoms with van der Waals surface area (Å²) in [6, 6.07) is 0. The first-order valence-electron chi connectivity index (χ1n) is 5.05. The molecule has 2 unspecified atom stereocenters. The third kappa shape index (κ3) is 1.74. The van der Waals surface area contributed by atoms with Crippen molar-refractivity contribution >= 4 is 11.3 Å². The van der Waals surface area contributed by atoms with Crippen molar-refractivity contribution in [2.24, 2.45) is 5.92 Å². The molecule has 1 aliphatic carbocycles. The first kappa shape index (κ1) is 9.87. The van der Waals surface area contributed by atoms with Crippen LogP contribution >= 0.6 is 11.3 Å². The smallest absolute Gasteiger partial charge is 0.118 e. The zero-order valence-electron chi connectivity index (χ0n) is 8.31. The summed E-state index contributed by atoms with van der Waals surface area (Å²) < 4.78 is 0. The predicted molar refractivity (Wildman–Crippen MR) is 58.2 cm³/mol. The van der Waals surface area contributed by atoms with Gasteiger partial charge in [0.25, 0.3) is 0 Å². The van der Waals surface area contributed by atoms with E-state index in [1.165, 1.54) is 11.3 Å². The molecule has 0 saturated heterocycles. The highest BCUT2D eigenvalue weighted by Crippen LogP contribution is 2.36. The van der Waals surface area contributed by atoms with E-state index in [-0.39, 0.29) is 0 Å². The lowest BCUT2D eigenvalue weighted by Gasteiger charge is -2.29. The van der Waals surface area contributed by atoms with Gasteiger partial charge in [0.15, 0.2) is 0 Å². The van der Waals surface area contributed by atoms with Gasteiger partial charge in [-0.25, -0.2) is 0 Å². The van der Waals surface area contributed by atoms with Crippen LogP contribution in [0.4, 0.5) is 0 Å². The third-order valence-corrected chi connectivity index (χ3v) is 3.86. The Hall–Kier alpha value is -0.670. The Balaban J connectivity index is 2.20. The molecule has 0 bridgehead atoms. The van der Waals surface area contributed by atoms with Gasteiger partial charge in [-0.3, -0.25) is 4.98 Å². The molecular weight excluding hydrogens is 194 g/mol. The van der Waals surface area contributed by atoms with Gasteiger partial charge in [-0.2, -0.15) is 0 Å². The summed E-state index contributed by atoms with van der Waals surface area (Å²) in [4.78, 5) is 4.97. The molecule has 1 aliphatic rings. The summed E-state index contributed by atoms with van der Waals surface area (Å²) >= 11 is 1.52. The molecule has 0 saturated carbocycles. The van der Waals surface area contributed by atoms with Crippen molar-refractivity contribution in [1.29, 1.82) is 0 Å². The van der Waals surface area contributed by atoms with Crippen molar-refractivity contribution in [3.63, 3.8) is 0 Å². The van der Waals surface area contributed by atoms with Crippen LogP contribution in [0.2, 0.25) is 0 Å². The highest BCUT2D eigenvalue weighted by atomic mass is 32.1. The van der Waals surface area contributed by atoms with Crippen LogP contribution in [0.15, 0.2) is 23.9 Å². The maximum Gasteiger partial charge on any atom is 0.118 e. The monoisotopic (exact) mass is 209 g/mol. The fraction of sp³-hybridized carbons (Fsp3) is 0.545. The molecule has 1 aromatic rings. The number of hydrogen-bond acceptors (Lipinski definition) is 3. The van der Waals surface area contributed by atoms with E-state index >= 15 is 0 Å². The van der Waals surface area contributed by atoms with Crippen LogP contribution in [-0.2, 0) is 5.60 Å². The number of rotatable bonds is 2. The minimum absolute atomic E-state index is 0.642. The summed E-state index contributed by atoms with van der Waals surface area (Å²) in [5.74, 6) is 0.642. The van der Waals surface area contributed by atoms with Crippen molar-refractivity contribution in [3.8, 4) is 0 Å². The lowest BCUT2D eigenvalue weighted by Crippen LogP contribution is -2.25. The standard InChI is InChI=1S/C11H15NOS/c1-2-9-3-5-11(13,6-4-9)10-7-12-8-14-10/h3,5,7-9,13H,2,4,6H2,1H3. The van der Waals surface area contributed by atoms with Crippen LogP contribution in [0.25, 0.3) is 0 Å². The van der Waals surface area contributed by atoms with E-state index in [1.807, 2.05) is 6.08 Å². The molecule has 1 heterocycles. The number of thiazole rings is 1. The predicted octanol–water partition coefficient (Wildman–Crippen LogP) is 2.71. The Morgan fingerprint density at radius 2 is 2.57 bits per heavy atom. The van der Waals surface area contributed by atoms with E-state index in [2.05, 4.69) is 18.0 Å². The minimum Gasteiger partial charge on any atom is -0.380 e. The van der Waals surface area contributed by atoms with E-state index in [9.17, 15) is 5.11 Å². The molecular formula is C11H15NOS. The van der Waals surface area contributed by atoms with Gasteiger partial charge in [-0.1, -0.05) is 19.1 Å². The second-order valence-corrected chi connectivity index (χ2v) is 4.74. The molecule has 76 valence electrons. The lowest BCUT2D eigenvalue weighted by atomic mass is 9.83. The van der Waals surface area contributed by atoms with Gasteiger partial charge >= 0.3 is 0 Å². The number of aromatic nitrogens is 1. The fourth-order valence-electron chi connectivity index (χ4n) is 1.86. The number of hydrogen-bond donors (Lipinski definition) is 1.